The molecule has 2 saturated heterocycles. The Kier molecular flexibility index (Phi) is 2.97. The van der Waals surface area contributed by atoms with Crippen LogP contribution in [-0.2, 0) is 19.0 Å². The average Bonchev–Trinajstić information content (AvgIpc) is 2.54. The third-order valence-corrected chi connectivity index (χ3v) is 3.53. The van der Waals surface area contributed by atoms with Crippen molar-refractivity contribution in [2.75, 3.05) is 6.61 Å². The van der Waals surface area contributed by atoms with Crippen LogP contribution < -0.4 is 0 Å². The van der Waals surface area contributed by atoms with Crippen LogP contribution in [0.1, 0.15) is 34.1 Å². The molecule has 4 atom stereocenters. The first-order valence-corrected chi connectivity index (χ1v) is 5.97. The fourth-order valence-corrected chi connectivity index (χ4v) is 2.34. The molecule has 2 fully saturated rings. The quantitative estimate of drug-likeness (QED) is 0.690. The van der Waals surface area contributed by atoms with Gasteiger partial charge in [0.1, 0.15) is 12.2 Å². The van der Waals surface area contributed by atoms with E-state index >= 15 is 0 Å². The van der Waals surface area contributed by atoms with Gasteiger partial charge in [0.05, 0.1) is 12.5 Å². The van der Waals surface area contributed by atoms with Crippen molar-refractivity contribution in [1.82, 2.24) is 0 Å². The van der Waals surface area contributed by atoms with Gasteiger partial charge in [-0.05, 0) is 19.8 Å². The average molecular weight is 228 g/mol. The molecule has 0 aromatic heterocycles. The maximum Gasteiger partial charge on any atom is 0.313 e. The maximum atomic E-state index is 11.4. The Morgan fingerprint density at radius 2 is 2.19 bits per heavy atom. The van der Waals surface area contributed by atoms with E-state index in [2.05, 4.69) is 13.8 Å². The standard InChI is InChI=1S/C12H20O4/c1-5-7(2)9-10(15-11(9)13)8-6-14-12(3,4)16-8/h7-10H,5-6H2,1-4H3/t7-,8+,9-,10-/m0/s1. The van der Waals surface area contributed by atoms with Gasteiger partial charge in [0.2, 0.25) is 0 Å². The highest BCUT2D eigenvalue weighted by molar-refractivity contribution is 5.79. The van der Waals surface area contributed by atoms with Gasteiger partial charge in [-0.1, -0.05) is 20.3 Å². The van der Waals surface area contributed by atoms with Crippen molar-refractivity contribution in [2.24, 2.45) is 11.8 Å². The van der Waals surface area contributed by atoms with Gasteiger partial charge >= 0.3 is 5.97 Å². The summed E-state index contributed by atoms with van der Waals surface area (Å²) in [7, 11) is 0. The summed E-state index contributed by atoms with van der Waals surface area (Å²) in [6.45, 7) is 8.44. The smallest absolute Gasteiger partial charge is 0.313 e. The number of hydrogen-bond acceptors (Lipinski definition) is 4. The Morgan fingerprint density at radius 1 is 1.50 bits per heavy atom. The van der Waals surface area contributed by atoms with E-state index in [1.807, 2.05) is 13.8 Å². The Hall–Kier alpha value is -0.610. The highest BCUT2D eigenvalue weighted by Crippen LogP contribution is 2.38. The monoisotopic (exact) mass is 228 g/mol. The molecule has 2 aliphatic heterocycles. The molecule has 0 unspecified atom stereocenters. The van der Waals surface area contributed by atoms with Gasteiger partial charge in [0.15, 0.2) is 5.79 Å². The zero-order valence-corrected chi connectivity index (χ0v) is 10.4. The predicted molar refractivity (Wildman–Crippen MR) is 57.7 cm³/mol. The zero-order valence-electron chi connectivity index (χ0n) is 10.4. The van der Waals surface area contributed by atoms with Crippen LogP contribution in [0.2, 0.25) is 0 Å². The highest BCUT2D eigenvalue weighted by Gasteiger charge is 2.53. The van der Waals surface area contributed by atoms with Gasteiger partial charge in [-0.15, -0.1) is 0 Å². The van der Waals surface area contributed by atoms with Gasteiger partial charge in [-0.25, -0.2) is 0 Å². The normalized spacial score (nSPS) is 39.0. The van der Waals surface area contributed by atoms with Crippen molar-refractivity contribution in [3.63, 3.8) is 0 Å². The van der Waals surface area contributed by atoms with Crippen molar-refractivity contribution in [2.45, 2.75) is 52.1 Å². The molecule has 2 heterocycles. The summed E-state index contributed by atoms with van der Waals surface area (Å²) in [5.74, 6) is -0.314. The number of carbonyl (C=O) groups is 1. The van der Waals surface area contributed by atoms with E-state index in [1.54, 1.807) is 0 Å². The Bertz CT molecular complexity index is 287. The fraction of sp³-hybridized carbons (Fsp3) is 0.917. The van der Waals surface area contributed by atoms with E-state index < -0.39 is 5.79 Å². The van der Waals surface area contributed by atoms with E-state index in [0.29, 0.717) is 12.5 Å². The van der Waals surface area contributed by atoms with E-state index in [4.69, 9.17) is 14.2 Å². The topological polar surface area (TPSA) is 44.8 Å². The number of hydrogen-bond donors (Lipinski definition) is 0. The molecule has 0 N–H and O–H groups in total. The van der Waals surface area contributed by atoms with Gasteiger partial charge in [-0.2, -0.15) is 0 Å². The Labute approximate surface area is 96.2 Å². The maximum absolute atomic E-state index is 11.4. The van der Waals surface area contributed by atoms with E-state index in [1.165, 1.54) is 0 Å². The van der Waals surface area contributed by atoms with E-state index in [0.717, 1.165) is 6.42 Å². The second-order valence-corrected chi connectivity index (χ2v) is 5.18. The third-order valence-electron chi connectivity index (χ3n) is 3.53. The summed E-state index contributed by atoms with van der Waals surface area (Å²) in [4.78, 5) is 11.4. The number of cyclic esters (lactones) is 1. The van der Waals surface area contributed by atoms with Crippen LogP contribution in [0, 0.1) is 11.8 Å². The lowest BCUT2D eigenvalue weighted by Gasteiger charge is -2.41. The molecule has 0 spiro atoms. The first kappa shape index (κ1) is 11.9. The van der Waals surface area contributed by atoms with Crippen LogP contribution >= 0.6 is 0 Å². The number of rotatable bonds is 3. The summed E-state index contributed by atoms with van der Waals surface area (Å²) in [5.41, 5.74) is 0. The van der Waals surface area contributed by atoms with E-state index in [-0.39, 0.29) is 24.1 Å². The lowest BCUT2D eigenvalue weighted by atomic mass is 9.81. The van der Waals surface area contributed by atoms with Crippen molar-refractivity contribution >= 4 is 5.97 Å². The molecule has 0 amide bonds. The van der Waals surface area contributed by atoms with Crippen molar-refractivity contribution in [1.29, 1.82) is 0 Å². The van der Waals surface area contributed by atoms with Crippen molar-refractivity contribution < 1.29 is 19.0 Å². The summed E-state index contributed by atoms with van der Waals surface area (Å²) in [6.07, 6.45) is 0.753. The van der Waals surface area contributed by atoms with Gasteiger partial charge in [0.25, 0.3) is 0 Å². The Morgan fingerprint density at radius 3 is 2.62 bits per heavy atom. The molecule has 92 valence electrons. The number of carbonyl (C=O) groups excluding carboxylic acids is 1. The second-order valence-electron chi connectivity index (χ2n) is 5.18. The van der Waals surface area contributed by atoms with Crippen LogP contribution in [0.25, 0.3) is 0 Å². The molecule has 0 radical (unpaired) electrons. The van der Waals surface area contributed by atoms with Gasteiger partial charge in [0, 0.05) is 0 Å². The van der Waals surface area contributed by atoms with Crippen molar-refractivity contribution in [3.05, 3.63) is 0 Å². The molecular formula is C12H20O4. The number of ether oxygens (including phenoxy) is 3. The molecular weight excluding hydrogens is 208 g/mol. The molecule has 2 rings (SSSR count). The first-order chi connectivity index (χ1) is 7.44. The van der Waals surface area contributed by atoms with Gasteiger partial charge < -0.3 is 14.2 Å². The number of esters is 1. The third kappa shape index (κ3) is 1.96. The minimum absolute atomic E-state index is 0.0208. The van der Waals surface area contributed by atoms with Crippen LogP contribution in [0.3, 0.4) is 0 Å². The SMILES string of the molecule is CC[C@H](C)[C@@H]1C(=O)O[C@H]1[C@H]1COC(C)(C)O1. The molecule has 0 bridgehead atoms. The molecule has 4 nitrogen and oxygen atoms in total. The van der Waals surface area contributed by atoms with Crippen molar-refractivity contribution in [3.8, 4) is 0 Å². The minimum atomic E-state index is -0.549. The molecule has 16 heavy (non-hydrogen) atoms. The summed E-state index contributed by atoms with van der Waals surface area (Å²) in [6, 6.07) is 0. The van der Waals surface area contributed by atoms with Crippen LogP contribution in [0.15, 0.2) is 0 Å². The largest absolute Gasteiger partial charge is 0.458 e. The molecule has 0 saturated carbocycles. The minimum Gasteiger partial charge on any atom is -0.458 e. The van der Waals surface area contributed by atoms with Crippen LogP contribution in [0.5, 0.6) is 0 Å². The first-order valence-electron chi connectivity index (χ1n) is 5.97. The molecule has 0 aromatic carbocycles. The highest BCUT2D eigenvalue weighted by atomic mass is 16.8. The molecule has 2 aliphatic rings. The molecule has 4 heteroatoms. The predicted octanol–water partition coefficient (Wildman–Crippen LogP) is 1.73. The molecule has 0 aliphatic carbocycles. The lowest BCUT2D eigenvalue weighted by molar-refractivity contribution is -0.215. The van der Waals surface area contributed by atoms with Crippen LogP contribution in [0.4, 0.5) is 0 Å². The summed E-state index contributed by atoms with van der Waals surface area (Å²) < 4.78 is 16.4. The zero-order chi connectivity index (χ0) is 11.9. The summed E-state index contributed by atoms with van der Waals surface area (Å²) >= 11 is 0. The second kappa shape index (κ2) is 4.00. The Balaban J connectivity index is 1.99. The van der Waals surface area contributed by atoms with Crippen LogP contribution in [-0.4, -0.2) is 30.6 Å². The summed E-state index contributed by atoms with van der Waals surface area (Å²) in [5, 5.41) is 0. The molecule has 0 aromatic rings. The van der Waals surface area contributed by atoms with Gasteiger partial charge in [-0.3, -0.25) is 4.79 Å². The lowest BCUT2D eigenvalue weighted by Crippen LogP contribution is -2.55. The fourth-order valence-electron chi connectivity index (χ4n) is 2.34. The van der Waals surface area contributed by atoms with E-state index in [9.17, 15) is 4.79 Å².